The summed E-state index contributed by atoms with van der Waals surface area (Å²) in [5.74, 6) is 1.64. The maximum atomic E-state index is 11.1. The van der Waals surface area contributed by atoms with Crippen molar-refractivity contribution in [1.29, 1.82) is 0 Å². The number of nitrogens with zero attached hydrogens (tertiary/aromatic N) is 1. The summed E-state index contributed by atoms with van der Waals surface area (Å²) in [5, 5.41) is 11.1. The van der Waals surface area contributed by atoms with Gasteiger partial charge in [-0.3, -0.25) is 0 Å². The van der Waals surface area contributed by atoms with Crippen LogP contribution in [-0.4, -0.2) is 12.3 Å². The second-order valence-electron chi connectivity index (χ2n) is 2.36. The van der Waals surface area contributed by atoms with Gasteiger partial charge in [0.15, 0.2) is 6.20 Å². The monoisotopic (exact) mass is 256 g/mol. The van der Waals surface area contributed by atoms with Crippen molar-refractivity contribution in [3.8, 4) is 0 Å². The lowest BCUT2D eigenvalue weighted by atomic mass is 10.4. The van der Waals surface area contributed by atoms with E-state index in [-0.39, 0.29) is 24.8 Å². The van der Waals surface area contributed by atoms with Gasteiger partial charge in [-0.25, -0.2) is 0 Å². The fourth-order valence-corrected chi connectivity index (χ4v) is 1.58. The largest absolute Gasteiger partial charge is 0.618 e. The van der Waals surface area contributed by atoms with Crippen molar-refractivity contribution in [1.82, 2.24) is 0 Å². The fourth-order valence-electron chi connectivity index (χ4n) is 0.835. The van der Waals surface area contributed by atoms with E-state index in [1.54, 1.807) is 17.8 Å². The number of pyridine rings is 1. The van der Waals surface area contributed by atoms with Crippen molar-refractivity contribution >= 4 is 36.6 Å². The molecule has 0 spiro atoms. The minimum absolute atomic E-state index is 0. The molecule has 2 N–H and O–H groups in total. The van der Waals surface area contributed by atoms with Gasteiger partial charge in [0.2, 0.25) is 5.69 Å². The molecular formula is C8H14Cl2N2OS. The van der Waals surface area contributed by atoms with Crippen LogP contribution >= 0.6 is 36.6 Å². The molecule has 0 aromatic carbocycles. The topological polar surface area (TPSA) is 53.0 Å². The second kappa shape index (κ2) is 9.40. The van der Waals surface area contributed by atoms with Crippen LogP contribution in [0.1, 0.15) is 5.69 Å². The zero-order valence-corrected chi connectivity index (χ0v) is 10.0. The van der Waals surface area contributed by atoms with Crippen molar-refractivity contribution in [2.75, 3.05) is 12.3 Å². The lowest BCUT2D eigenvalue weighted by molar-refractivity contribution is -0.612. The van der Waals surface area contributed by atoms with Crippen LogP contribution in [0.25, 0.3) is 0 Å². The summed E-state index contributed by atoms with van der Waals surface area (Å²) in [5.41, 5.74) is 6.11. The van der Waals surface area contributed by atoms with E-state index in [1.165, 1.54) is 6.20 Å². The molecule has 1 aromatic rings. The molecule has 0 fully saturated rings. The second-order valence-corrected chi connectivity index (χ2v) is 3.46. The molecule has 0 saturated heterocycles. The molecule has 0 radical (unpaired) electrons. The Balaban J connectivity index is 0. The minimum atomic E-state index is 0. The molecule has 0 atom stereocenters. The average Bonchev–Trinajstić information content (AvgIpc) is 2.09. The molecule has 0 saturated carbocycles. The van der Waals surface area contributed by atoms with E-state index >= 15 is 0 Å². The van der Waals surface area contributed by atoms with Crippen LogP contribution in [0.5, 0.6) is 0 Å². The zero-order chi connectivity index (χ0) is 8.81. The maximum Gasteiger partial charge on any atom is 0.202 e. The molecule has 3 nitrogen and oxygen atoms in total. The molecule has 6 heteroatoms. The summed E-state index contributed by atoms with van der Waals surface area (Å²) in [6.07, 6.45) is 1.51. The average molecular weight is 257 g/mol. The van der Waals surface area contributed by atoms with Crippen LogP contribution in [-0.2, 0) is 5.75 Å². The van der Waals surface area contributed by atoms with Gasteiger partial charge in [-0.15, -0.1) is 36.6 Å². The molecule has 0 unspecified atom stereocenters. The first-order valence-corrected chi connectivity index (χ1v) is 4.95. The van der Waals surface area contributed by atoms with E-state index in [4.69, 9.17) is 5.73 Å². The van der Waals surface area contributed by atoms with Crippen LogP contribution in [0.3, 0.4) is 0 Å². The summed E-state index contributed by atoms with van der Waals surface area (Å²) >= 11 is 1.67. The summed E-state index contributed by atoms with van der Waals surface area (Å²) in [6, 6.07) is 5.42. The molecule has 1 heterocycles. The predicted octanol–water partition coefficient (Wildman–Crippen LogP) is 1.36. The summed E-state index contributed by atoms with van der Waals surface area (Å²) in [4.78, 5) is 0. The Labute approximate surface area is 100 Å². The number of rotatable bonds is 4. The van der Waals surface area contributed by atoms with Crippen LogP contribution in [0.15, 0.2) is 24.4 Å². The number of halogens is 2. The predicted molar refractivity (Wildman–Crippen MR) is 65.1 cm³/mol. The number of hydrogen-bond donors (Lipinski definition) is 1. The zero-order valence-electron chi connectivity index (χ0n) is 7.59. The van der Waals surface area contributed by atoms with Crippen molar-refractivity contribution in [2.45, 2.75) is 5.75 Å². The third-order valence-electron chi connectivity index (χ3n) is 1.42. The van der Waals surface area contributed by atoms with Gasteiger partial charge in [-0.1, -0.05) is 0 Å². The third-order valence-corrected chi connectivity index (χ3v) is 2.44. The molecule has 0 amide bonds. The van der Waals surface area contributed by atoms with Gasteiger partial charge in [-0.2, -0.15) is 4.73 Å². The van der Waals surface area contributed by atoms with Crippen molar-refractivity contribution in [2.24, 2.45) is 5.73 Å². The Morgan fingerprint density at radius 3 is 2.64 bits per heavy atom. The van der Waals surface area contributed by atoms with E-state index in [1.807, 2.05) is 12.1 Å². The van der Waals surface area contributed by atoms with E-state index < -0.39 is 0 Å². The van der Waals surface area contributed by atoms with E-state index in [2.05, 4.69) is 0 Å². The maximum absolute atomic E-state index is 11.1. The Bertz CT molecular complexity index is 251. The Morgan fingerprint density at radius 2 is 2.07 bits per heavy atom. The highest BCUT2D eigenvalue weighted by Crippen LogP contribution is 2.06. The highest BCUT2D eigenvalue weighted by atomic mass is 35.5. The van der Waals surface area contributed by atoms with Gasteiger partial charge in [-0.05, 0) is 6.07 Å². The van der Waals surface area contributed by atoms with Gasteiger partial charge in [0.05, 0.1) is 5.75 Å². The summed E-state index contributed by atoms with van der Waals surface area (Å²) in [7, 11) is 0. The van der Waals surface area contributed by atoms with E-state index in [0.717, 1.165) is 21.9 Å². The molecule has 1 rings (SSSR count). The molecule has 14 heavy (non-hydrogen) atoms. The van der Waals surface area contributed by atoms with Gasteiger partial charge in [0, 0.05) is 24.4 Å². The molecular weight excluding hydrogens is 243 g/mol. The first-order valence-electron chi connectivity index (χ1n) is 3.79. The number of aromatic nitrogens is 1. The number of hydrogen-bond acceptors (Lipinski definition) is 3. The minimum Gasteiger partial charge on any atom is -0.618 e. The van der Waals surface area contributed by atoms with Crippen LogP contribution in [0, 0.1) is 5.21 Å². The Kier molecular flexibility index (Phi) is 10.9. The fraction of sp³-hybridized carbons (Fsp3) is 0.375. The van der Waals surface area contributed by atoms with Gasteiger partial charge in [0.25, 0.3) is 0 Å². The number of nitrogens with two attached hydrogens (primary N) is 1. The van der Waals surface area contributed by atoms with Crippen molar-refractivity contribution in [3.63, 3.8) is 0 Å². The molecule has 0 aliphatic carbocycles. The summed E-state index contributed by atoms with van der Waals surface area (Å²) < 4.78 is 0.892. The standard InChI is InChI=1S/C8H12N2OS.2ClH/c9-4-6-12-7-8-3-1-2-5-10(8)11;;/h1-3,5H,4,6-7,9H2;2*1H. The lowest BCUT2D eigenvalue weighted by Crippen LogP contribution is -2.30. The highest BCUT2D eigenvalue weighted by Gasteiger charge is 2.01. The van der Waals surface area contributed by atoms with Gasteiger partial charge >= 0.3 is 0 Å². The first-order chi connectivity index (χ1) is 5.84. The SMILES string of the molecule is Cl.Cl.NCCSCc1cccc[n+]1[O-]. The first kappa shape index (κ1) is 16.3. The molecule has 0 aliphatic rings. The van der Waals surface area contributed by atoms with E-state index in [0.29, 0.717) is 6.54 Å². The molecule has 1 aromatic heterocycles. The molecule has 0 bridgehead atoms. The smallest absolute Gasteiger partial charge is 0.202 e. The third kappa shape index (κ3) is 5.54. The van der Waals surface area contributed by atoms with Crippen LogP contribution < -0.4 is 10.5 Å². The Hall–Kier alpha value is -0.160. The highest BCUT2D eigenvalue weighted by molar-refractivity contribution is 7.98. The lowest BCUT2D eigenvalue weighted by Gasteiger charge is -2.02. The normalized spacial score (nSPS) is 8.64. The van der Waals surface area contributed by atoms with Crippen molar-refractivity contribution in [3.05, 3.63) is 35.3 Å². The van der Waals surface area contributed by atoms with Crippen LogP contribution in [0.2, 0.25) is 0 Å². The van der Waals surface area contributed by atoms with Crippen molar-refractivity contribution < 1.29 is 4.73 Å². The van der Waals surface area contributed by atoms with Gasteiger partial charge < -0.3 is 10.9 Å². The number of thioether (sulfide) groups is 1. The molecule has 82 valence electrons. The Morgan fingerprint density at radius 1 is 1.36 bits per heavy atom. The quantitative estimate of drug-likeness (QED) is 0.503. The summed E-state index contributed by atoms with van der Waals surface area (Å²) in [6.45, 7) is 0.663. The molecule has 0 aliphatic heterocycles. The van der Waals surface area contributed by atoms with E-state index in [9.17, 15) is 5.21 Å². The van der Waals surface area contributed by atoms with Crippen LogP contribution in [0.4, 0.5) is 0 Å². The van der Waals surface area contributed by atoms with Gasteiger partial charge in [0.1, 0.15) is 0 Å².